The fourth-order valence-electron chi connectivity index (χ4n) is 1.98. The molecule has 6 heteroatoms. The summed E-state index contributed by atoms with van der Waals surface area (Å²) in [6, 6.07) is 12.1. The number of rotatable bonds is 5. The Bertz CT molecular complexity index is 768. The average molecular weight is 295 g/mol. The molecule has 0 atom stereocenters. The Morgan fingerprint density at radius 3 is 2.82 bits per heavy atom. The molecule has 0 saturated heterocycles. The SMILES string of the molecule is O=C(O)c1cccc(COc2ccc(-c3ccn[nH]3)nc2)c1. The summed E-state index contributed by atoms with van der Waals surface area (Å²) in [5.74, 6) is -0.337. The number of carboxylic acid groups (broad SMARTS) is 1. The van der Waals surface area contributed by atoms with Crippen molar-refractivity contribution >= 4 is 5.97 Å². The number of H-pyrrole nitrogens is 1. The highest BCUT2D eigenvalue weighted by Crippen LogP contribution is 2.18. The molecular weight excluding hydrogens is 282 g/mol. The maximum absolute atomic E-state index is 10.9. The Balaban J connectivity index is 1.66. The number of aromatic carboxylic acids is 1. The van der Waals surface area contributed by atoms with Crippen molar-refractivity contribution in [1.29, 1.82) is 0 Å². The molecule has 0 unspecified atom stereocenters. The quantitative estimate of drug-likeness (QED) is 0.755. The van der Waals surface area contributed by atoms with Crippen molar-refractivity contribution in [2.24, 2.45) is 0 Å². The second-order valence-corrected chi connectivity index (χ2v) is 4.64. The molecule has 2 N–H and O–H groups in total. The van der Waals surface area contributed by atoms with Gasteiger partial charge in [-0.15, -0.1) is 0 Å². The van der Waals surface area contributed by atoms with Gasteiger partial charge in [0, 0.05) is 6.20 Å². The van der Waals surface area contributed by atoms with Gasteiger partial charge in [0.05, 0.1) is 23.1 Å². The molecule has 22 heavy (non-hydrogen) atoms. The molecule has 0 amide bonds. The topological polar surface area (TPSA) is 88.1 Å². The first-order chi connectivity index (χ1) is 10.7. The Morgan fingerprint density at radius 1 is 1.23 bits per heavy atom. The van der Waals surface area contributed by atoms with E-state index in [1.807, 2.05) is 24.3 Å². The predicted octanol–water partition coefficient (Wildman–Crippen LogP) is 2.75. The molecule has 110 valence electrons. The van der Waals surface area contributed by atoms with E-state index in [9.17, 15) is 4.79 Å². The standard InChI is InChI=1S/C16H13N3O3/c20-16(21)12-3-1-2-11(8-12)10-22-13-4-5-14(17-9-13)15-6-7-18-19-15/h1-9H,10H2,(H,18,19)(H,20,21). The van der Waals surface area contributed by atoms with Gasteiger partial charge in [-0.1, -0.05) is 12.1 Å². The zero-order valence-electron chi connectivity index (χ0n) is 11.6. The smallest absolute Gasteiger partial charge is 0.335 e. The molecule has 1 aromatic carbocycles. The molecule has 3 rings (SSSR count). The van der Waals surface area contributed by atoms with Crippen LogP contribution in [0.1, 0.15) is 15.9 Å². The fourth-order valence-corrected chi connectivity index (χ4v) is 1.98. The number of aromatic amines is 1. The van der Waals surface area contributed by atoms with Crippen LogP contribution in [0.4, 0.5) is 0 Å². The molecule has 2 heterocycles. The van der Waals surface area contributed by atoms with Crippen LogP contribution in [-0.2, 0) is 6.61 Å². The highest BCUT2D eigenvalue weighted by atomic mass is 16.5. The van der Waals surface area contributed by atoms with Crippen molar-refractivity contribution < 1.29 is 14.6 Å². The molecule has 6 nitrogen and oxygen atoms in total. The van der Waals surface area contributed by atoms with Gasteiger partial charge in [-0.05, 0) is 35.9 Å². The summed E-state index contributed by atoms with van der Waals surface area (Å²) in [6.45, 7) is 0.284. The average Bonchev–Trinajstić information content (AvgIpc) is 3.08. The largest absolute Gasteiger partial charge is 0.487 e. The minimum atomic E-state index is -0.951. The predicted molar refractivity (Wildman–Crippen MR) is 79.6 cm³/mol. The third-order valence-corrected chi connectivity index (χ3v) is 3.09. The number of aromatic nitrogens is 3. The molecule has 0 saturated carbocycles. The Hall–Kier alpha value is -3.15. The van der Waals surface area contributed by atoms with E-state index in [1.54, 1.807) is 30.6 Å². The van der Waals surface area contributed by atoms with E-state index in [-0.39, 0.29) is 12.2 Å². The van der Waals surface area contributed by atoms with Crippen LogP contribution in [0, 0.1) is 0 Å². The zero-order chi connectivity index (χ0) is 15.4. The molecule has 2 aromatic heterocycles. The number of carboxylic acids is 1. The maximum atomic E-state index is 10.9. The number of pyridine rings is 1. The number of ether oxygens (including phenoxy) is 1. The van der Waals surface area contributed by atoms with Crippen LogP contribution < -0.4 is 4.74 Å². The van der Waals surface area contributed by atoms with Gasteiger partial charge in [-0.2, -0.15) is 5.10 Å². The van der Waals surface area contributed by atoms with E-state index in [1.165, 1.54) is 0 Å². The number of benzene rings is 1. The summed E-state index contributed by atoms with van der Waals surface area (Å²) in [5, 5.41) is 15.7. The summed E-state index contributed by atoms with van der Waals surface area (Å²) in [5.41, 5.74) is 2.64. The van der Waals surface area contributed by atoms with Crippen molar-refractivity contribution in [1.82, 2.24) is 15.2 Å². The second kappa shape index (κ2) is 6.09. The van der Waals surface area contributed by atoms with Gasteiger partial charge in [0.15, 0.2) is 0 Å². The molecular formula is C16H13N3O3. The molecule has 0 aliphatic carbocycles. The van der Waals surface area contributed by atoms with E-state index in [4.69, 9.17) is 9.84 Å². The lowest BCUT2D eigenvalue weighted by Gasteiger charge is -2.07. The third-order valence-electron chi connectivity index (χ3n) is 3.09. The van der Waals surface area contributed by atoms with Gasteiger partial charge in [0.2, 0.25) is 0 Å². The van der Waals surface area contributed by atoms with Crippen molar-refractivity contribution in [3.8, 4) is 17.1 Å². The van der Waals surface area contributed by atoms with Crippen LogP contribution in [0.25, 0.3) is 11.4 Å². The van der Waals surface area contributed by atoms with Gasteiger partial charge >= 0.3 is 5.97 Å². The Kier molecular flexibility index (Phi) is 3.82. The van der Waals surface area contributed by atoms with Crippen molar-refractivity contribution in [2.75, 3.05) is 0 Å². The summed E-state index contributed by atoms with van der Waals surface area (Å²) in [7, 11) is 0. The number of nitrogens with one attached hydrogen (secondary N) is 1. The number of nitrogens with zero attached hydrogens (tertiary/aromatic N) is 2. The second-order valence-electron chi connectivity index (χ2n) is 4.64. The van der Waals surface area contributed by atoms with Gasteiger partial charge in [-0.3, -0.25) is 10.1 Å². The number of carbonyl (C=O) groups is 1. The van der Waals surface area contributed by atoms with E-state index >= 15 is 0 Å². The van der Waals surface area contributed by atoms with Gasteiger partial charge in [0.25, 0.3) is 0 Å². The van der Waals surface area contributed by atoms with E-state index in [0.717, 1.165) is 17.0 Å². The first kappa shape index (κ1) is 13.8. The van der Waals surface area contributed by atoms with Crippen molar-refractivity contribution in [2.45, 2.75) is 6.61 Å². The lowest BCUT2D eigenvalue weighted by molar-refractivity contribution is 0.0696. The first-order valence-corrected chi connectivity index (χ1v) is 6.63. The van der Waals surface area contributed by atoms with Crippen molar-refractivity contribution in [3.05, 3.63) is 66.0 Å². The lowest BCUT2D eigenvalue weighted by atomic mass is 10.1. The molecule has 0 fully saturated rings. The molecule has 0 aliphatic rings. The lowest BCUT2D eigenvalue weighted by Crippen LogP contribution is -2.00. The van der Waals surface area contributed by atoms with Crippen LogP contribution in [0.15, 0.2) is 54.9 Å². The highest BCUT2D eigenvalue weighted by Gasteiger charge is 2.05. The van der Waals surface area contributed by atoms with Gasteiger partial charge in [0.1, 0.15) is 12.4 Å². The van der Waals surface area contributed by atoms with Crippen LogP contribution >= 0.6 is 0 Å². The van der Waals surface area contributed by atoms with Gasteiger partial charge in [-0.25, -0.2) is 4.79 Å². The normalized spacial score (nSPS) is 10.4. The molecule has 0 radical (unpaired) electrons. The van der Waals surface area contributed by atoms with Crippen LogP contribution in [0.2, 0.25) is 0 Å². The first-order valence-electron chi connectivity index (χ1n) is 6.63. The summed E-state index contributed by atoms with van der Waals surface area (Å²) in [4.78, 5) is 15.2. The number of hydrogen-bond donors (Lipinski definition) is 2. The van der Waals surface area contributed by atoms with Crippen LogP contribution in [0.5, 0.6) is 5.75 Å². The van der Waals surface area contributed by atoms with E-state index in [2.05, 4.69) is 15.2 Å². The highest BCUT2D eigenvalue weighted by molar-refractivity contribution is 5.87. The molecule has 0 bridgehead atoms. The number of hydrogen-bond acceptors (Lipinski definition) is 4. The van der Waals surface area contributed by atoms with E-state index < -0.39 is 5.97 Å². The molecule has 0 aliphatic heterocycles. The van der Waals surface area contributed by atoms with Crippen molar-refractivity contribution in [3.63, 3.8) is 0 Å². The zero-order valence-corrected chi connectivity index (χ0v) is 11.6. The van der Waals surface area contributed by atoms with Crippen LogP contribution in [-0.4, -0.2) is 26.3 Å². The third kappa shape index (κ3) is 3.12. The minimum Gasteiger partial charge on any atom is -0.487 e. The fraction of sp³-hybridized carbons (Fsp3) is 0.0625. The summed E-state index contributed by atoms with van der Waals surface area (Å²) >= 11 is 0. The molecule has 0 spiro atoms. The maximum Gasteiger partial charge on any atom is 0.335 e. The Morgan fingerprint density at radius 2 is 2.14 bits per heavy atom. The molecule has 3 aromatic rings. The van der Waals surface area contributed by atoms with Crippen LogP contribution in [0.3, 0.4) is 0 Å². The monoisotopic (exact) mass is 295 g/mol. The minimum absolute atomic E-state index is 0.244. The van der Waals surface area contributed by atoms with Gasteiger partial charge < -0.3 is 9.84 Å². The summed E-state index contributed by atoms with van der Waals surface area (Å²) in [6.07, 6.45) is 3.29. The Labute approximate surface area is 126 Å². The summed E-state index contributed by atoms with van der Waals surface area (Å²) < 4.78 is 5.62. The van der Waals surface area contributed by atoms with E-state index in [0.29, 0.717) is 5.75 Å².